The Kier molecular flexibility index (Phi) is 6.01. The van der Waals surface area contributed by atoms with Crippen molar-refractivity contribution in [3.05, 3.63) is 88.5 Å². The van der Waals surface area contributed by atoms with Gasteiger partial charge in [0.1, 0.15) is 11.9 Å². The van der Waals surface area contributed by atoms with Crippen LogP contribution in [0.2, 0.25) is 5.02 Å². The Morgan fingerprint density at radius 1 is 1.27 bits per heavy atom. The van der Waals surface area contributed by atoms with Crippen LogP contribution in [0.25, 0.3) is 0 Å². The molecular weight excluding hydrogens is 366 g/mol. The topological polar surface area (TPSA) is 46.9 Å². The highest BCUT2D eigenvalue weighted by molar-refractivity contribution is 7.97. The molecule has 134 valence electrons. The molecule has 1 N–H and O–H groups in total. The summed E-state index contributed by atoms with van der Waals surface area (Å²) in [4.78, 5) is 17.3. The van der Waals surface area contributed by atoms with Crippen molar-refractivity contribution in [2.45, 2.75) is 11.8 Å². The van der Waals surface area contributed by atoms with E-state index in [0.717, 1.165) is 22.7 Å². The third kappa shape index (κ3) is 4.29. The first kappa shape index (κ1) is 18.5. The van der Waals surface area contributed by atoms with Crippen molar-refractivity contribution in [2.75, 3.05) is 6.26 Å². The highest BCUT2D eigenvalue weighted by Crippen LogP contribution is 2.23. The van der Waals surface area contributed by atoms with Gasteiger partial charge in [0.25, 0.3) is 5.91 Å². The van der Waals surface area contributed by atoms with E-state index in [-0.39, 0.29) is 11.9 Å². The van der Waals surface area contributed by atoms with Gasteiger partial charge in [-0.1, -0.05) is 35.9 Å². The van der Waals surface area contributed by atoms with Gasteiger partial charge in [-0.15, -0.1) is 0 Å². The van der Waals surface area contributed by atoms with Gasteiger partial charge in [0.05, 0.1) is 0 Å². The number of carbonyl (C=O) groups excluding carboxylic acids is 1. The van der Waals surface area contributed by atoms with Crippen LogP contribution in [0, 0.1) is 0 Å². The van der Waals surface area contributed by atoms with Crippen molar-refractivity contribution in [1.29, 1.82) is 0 Å². The van der Waals surface area contributed by atoms with Crippen molar-refractivity contribution in [3.8, 4) is 0 Å². The van der Waals surface area contributed by atoms with E-state index >= 15 is 0 Å². The third-order valence-corrected chi connectivity index (χ3v) is 4.97. The fourth-order valence-electron chi connectivity index (χ4n) is 2.79. The van der Waals surface area contributed by atoms with E-state index in [1.165, 1.54) is 0 Å². The summed E-state index contributed by atoms with van der Waals surface area (Å²) in [6.45, 7) is 0. The lowest BCUT2D eigenvalue weighted by molar-refractivity contribution is 0.0941. The van der Waals surface area contributed by atoms with Crippen LogP contribution in [0.15, 0.2) is 60.9 Å². The van der Waals surface area contributed by atoms with Crippen molar-refractivity contribution in [2.24, 2.45) is 7.05 Å². The zero-order chi connectivity index (χ0) is 18.5. The molecule has 0 radical (unpaired) electrons. The maximum absolute atomic E-state index is 12.9. The van der Waals surface area contributed by atoms with Crippen LogP contribution in [0.3, 0.4) is 0 Å². The average molecular weight is 386 g/mol. The molecule has 0 saturated carbocycles. The molecular formula is C20H20ClN3OS. The van der Waals surface area contributed by atoms with E-state index in [9.17, 15) is 4.79 Å². The molecule has 1 atom stereocenters. The fourth-order valence-corrected chi connectivity index (χ4v) is 3.43. The summed E-state index contributed by atoms with van der Waals surface area (Å²) in [6.07, 6.45) is 5.64. The Labute approximate surface area is 162 Å². The summed E-state index contributed by atoms with van der Waals surface area (Å²) in [5.74, 6) is 1.51. The Balaban J connectivity index is 1.90. The molecule has 0 aliphatic heterocycles. The lowest BCUT2D eigenvalue weighted by Gasteiger charge is -2.19. The standard InChI is InChI=1S/C20H20ClN3OS/c1-24-11-10-22-19(24)18(15-6-8-17(21)9-7-15)23-20(25)16-5-3-4-14(12-16)13-26-2/h3-12,18H,13H2,1-2H3,(H,23,25). The molecule has 0 aliphatic carbocycles. The molecule has 0 aliphatic rings. The maximum atomic E-state index is 12.9. The number of aryl methyl sites for hydroxylation is 1. The molecule has 2 aromatic carbocycles. The largest absolute Gasteiger partial charge is 0.338 e. The summed E-state index contributed by atoms with van der Waals surface area (Å²) in [6, 6.07) is 14.8. The van der Waals surface area contributed by atoms with Crippen molar-refractivity contribution in [3.63, 3.8) is 0 Å². The number of imidazole rings is 1. The SMILES string of the molecule is CSCc1cccc(C(=O)NC(c2ccc(Cl)cc2)c2nccn2C)c1. The number of aromatic nitrogens is 2. The van der Waals surface area contributed by atoms with E-state index in [0.29, 0.717) is 10.6 Å². The Morgan fingerprint density at radius 2 is 2.04 bits per heavy atom. The second-order valence-electron chi connectivity index (χ2n) is 5.99. The quantitative estimate of drug-likeness (QED) is 0.681. The van der Waals surface area contributed by atoms with Crippen LogP contribution >= 0.6 is 23.4 Å². The summed E-state index contributed by atoms with van der Waals surface area (Å²) < 4.78 is 1.91. The highest BCUT2D eigenvalue weighted by Gasteiger charge is 2.21. The van der Waals surface area contributed by atoms with E-state index in [1.54, 1.807) is 18.0 Å². The molecule has 3 rings (SSSR count). The molecule has 1 aromatic heterocycles. The van der Waals surface area contributed by atoms with E-state index < -0.39 is 0 Å². The zero-order valence-electron chi connectivity index (χ0n) is 14.6. The first-order valence-corrected chi connectivity index (χ1v) is 9.97. The first-order chi connectivity index (χ1) is 12.6. The number of amides is 1. The minimum atomic E-state index is -0.357. The number of nitrogens with one attached hydrogen (secondary N) is 1. The van der Waals surface area contributed by atoms with Crippen LogP contribution in [0.4, 0.5) is 0 Å². The first-order valence-electron chi connectivity index (χ1n) is 8.20. The normalized spacial score (nSPS) is 12.0. The Bertz CT molecular complexity index is 892. The molecule has 0 fully saturated rings. The zero-order valence-corrected chi connectivity index (χ0v) is 16.2. The van der Waals surface area contributed by atoms with Crippen LogP contribution in [-0.2, 0) is 12.8 Å². The van der Waals surface area contributed by atoms with Gasteiger partial charge in [-0.25, -0.2) is 4.98 Å². The van der Waals surface area contributed by atoms with Gasteiger partial charge in [-0.3, -0.25) is 4.79 Å². The predicted octanol–water partition coefficient (Wildman–Crippen LogP) is 4.46. The second kappa shape index (κ2) is 8.43. The monoisotopic (exact) mass is 385 g/mol. The van der Waals surface area contributed by atoms with Gasteiger partial charge in [-0.05, 0) is 41.6 Å². The summed E-state index contributed by atoms with van der Waals surface area (Å²) in [5, 5.41) is 3.77. The van der Waals surface area contributed by atoms with Gasteiger partial charge >= 0.3 is 0 Å². The lowest BCUT2D eigenvalue weighted by Crippen LogP contribution is -2.31. The predicted molar refractivity (Wildman–Crippen MR) is 108 cm³/mol. The maximum Gasteiger partial charge on any atom is 0.252 e. The molecule has 1 amide bonds. The molecule has 0 bridgehead atoms. The van der Waals surface area contributed by atoms with Crippen molar-refractivity contribution in [1.82, 2.24) is 14.9 Å². The van der Waals surface area contributed by atoms with Crippen LogP contribution in [-0.4, -0.2) is 21.7 Å². The van der Waals surface area contributed by atoms with Gasteiger partial charge < -0.3 is 9.88 Å². The molecule has 6 heteroatoms. The molecule has 0 spiro atoms. The average Bonchev–Trinajstić information content (AvgIpc) is 3.07. The minimum absolute atomic E-state index is 0.129. The van der Waals surface area contributed by atoms with Gasteiger partial charge in [0.2, 0.25) is 0 Å². The second-order valence-corrected chi connectivity index (χ2v) is 7.29. The molecule has 4 nitrogen and oxygen atoms in total. The third-order valence-electron chi connectivity index (χ3n) is 4.10. The Hall–Kier alpha value is -2.24. The van der Waals surface area contributed by atoms with E-state index in [1.807, 2.05) is 72.6 Å². The summed E-state index contributed by atoms with van der Waals surface area (Å²) >= 11 is 7.74. The smallest absolute Gasteiger partial charge is 0.252 e. The highest BCUT2D eigenvalue weighted by atomic mass is 35.5. The number of hydrogen-bond acceptors (Lipinski definition) is 3. The minimum Gasteiger partial charge on any atom is -0.338 e. The molecule has 0 saturated heterocycles. The molecule has 3 aromatic rings. The van der Waals surface area contributed by atoms with Crippen molar-refractivity contribution < 1.29 is 4.79 Å². The van der Waals surface area contributed by atoms with Crippen LogP contribution in [0.5, 0.6) is 0 Å². The van der Waals surface area contributed by atoms with Gasteiger partial charge in [0.15, 0.2) is 0 Å². The van der Waals surface area contributed by atoms with E-state index in [4.69, 9.17) is 11.6 Å². The summed E-state index contributed by atoms with van der Waals surface area (Å²) in [7, 11) is 1.91. The Morgan fingerprint density at radius 3 is 2.69 bits per heavy atom. The van der Waals surface area contributed by atoms with E-state index in [2.05, 4.69) is 10.3 Å². The van der Waals surface area contributed by atoms with Crippen LogP contribution in [0.1, 0.15) is 33.4 Å². The van der Waals surface area contributed by atoms with Crippen molar-refractivity contribution >= 4 is 29.3 Å². The number of benzene rings is 2. The van der Waals surface area contributed by atoms with Crippen LogP contribution < -0.4 is 5.32 Å². The molecule has 1 heterocycles. The van der Waals surface area contributed by atoms with Gasteiger partial charge in [-0.2, -0.15) is 11.8 Å². The number of rotatable bonds is 6. The number of thioether (sulfide) groups is 1. The fraction of sp³-hybridized carbons (Fsp3) is 0.200. The van der Waals surface area contributed by atoms with Gasteiger partial charge in [0, 0.05) is 35.8 Å². The number of nitrogens with zero attached hydrogens (tertiary/aromatic N) is 2. The number of carbonyl (C=O) groups is 1. The molecule has 26 heavy (non-hydrogen) atoms. The number of hydrogen-bond donors (Lipinski definition) is 1. The summed E-state index contributed by atoms with van der Waals surface area (Å²) in [5.41, 5.74) is 2.70. The lowest BCUT2D eigenvalue weighted by atomic mass is 10.0. The number of halogens is 1. The molecule has 1 unspecified atom stereocenters.